The minimum absolute atomic E-state index is 0.0213. The molecule has 0 aliphatic heterocycles. The van der Waals surface area contributed by atoms with Gasteiger partial charge in [-0.1, -0.05) is 40.2 Å². The zero-order chi connectivity index (χ0) is 20.7. The van der Waals surface area contributed by atoms with E-state index in [2.05, 4.69) is 39.0 Å². The Labute approximate surface area is 183 Å². The van der Waals surface area contributed by atoms with Crippen molar-refractivity contribution in [3.63, 3.8) is 0 Å². The molecule has 1 N–H and O–H groups in total. The van der Waals surface area contributed by atoms with E-state index in [0.29, 0.717) is 12.1 Å². The Balaban J connectivity index is 1.39. The standard InChI is InChI=1S/C24H20BrN3O2/c1-2-15-13-21(15)28(30-24(29)16-6-4-3-5-7-16)14-22-26-20-11-8-17-12-18(25)9-10-19(17)23(20)27-22/h1,3-7,9-10,12,15,21H,8,11,13-14H2,(H,26,27). The van der Waals surface area contributed by atoms with Gasteiger partial charge in [0.2, 0.25) is 0 Å². The van der Waals surface area contributed by atoms with Crippen molar-refractivity contribution < 1.29 is 9.63 Å². The first-order valence-electron chi connectivity index (χ1n) is 9.99. The number of hydrogen-bond acceptors (Lipinski definition) is 4. The maximum atomic E-state index is 12.6. The van der Waals surface area contributed by atoms with Gasteiger partial charge in [-0.25, -0.2) is 9.78 Å². The predicted octanol–water partition coefficient (Wildman–Crippen LogP) is 4.53. The van der Waals surface area contributed by atoms with Crippen LogP contribution >= 0.6 is 15.9 Å². The second-order valence-electron chi connectivity index (χ2n) is 7.71. The van der Waals surface area contributed by atoms with Crippen LogP contribution in [0.3, 0.4) is 0 Å². The number of fused-ring (bicyclic) bond motifs is 3. The predicted molar refractivity (Wildman–Crippen MR) is 117 cm³/mol. The van der Waals surface area contributed by atoms with Crippen LogP contribution in [0, 0.1) is 18.3 Å². The van der Waals surface area contributed by atoms with Crippen LogP contribution in [0.15, 0.2) is 53.0 Å². The number of carbonyl (C=O) groups is 1. The summed E-state index contributed by atoms with van der Waals surface area (Å²) in [6.45, 7) is 0.375. The molecule has 2 unspecified atom stereocenters. The van der Waals surface area contributed by atoms with E-state index in [-0.39, 0.29) is 17.9 Å². The van der Waals surface area contributed by atoms with Gasteiger partial charge in [-0.05, 0) is 49.1 Å². The number of aromatic amines is 1. The van der Waals surface area contributed by atoms with Crippen molar-refractivity contribution in [2.75, 3.05) is 0 Å². The Kier molecular flexibility index (Phi) is 4.93. The summed E-state index contributed by atoms with van der Waals surface area (Å²) in [6.07, 6.45) is 8.29. The largest absolute Gasteiger partial charge is 0.363 e. The molecule has 2 aromatic carbocycles. The number of H-pyrrole nitrogens is 1. The van der Waals surface area contributed by atoms with Gasteiger partial charge in [-0.15, -0.1) is 17.4 Å². The highest BCUT2D eigenvalue weighted by Gasteiger charge is 2.43. The highest BCUT2D eigenvalue weighted by Crippen LogP contribution is 2.37. The highest BCUT2D eigenvalue weighted by molar-refractivity contribution is 9.10. The highest BCUT2D eigenvalue weighted by atomic mass is 79.9. The van der Waals surface area contributed by atoms with Gasteiger partial charge in [0.25, 0.3) is 0 Å². The lowest BCUT2D eigenvalue weighted by molar-refractivity contribution is -0.126. The fourth-order valence-electron chi connectivity index (χ4n) is 3.98. The van der Waals surface area contributed by atoms with Crippen molar-refractivity contribution in [1.82, 2.24) is 15.0 Å². The van der Waals surface area contributed by atoms with Gasteiger partial charge in [0, 0.05) is 21.6 Å². The second kappa shape index (κ2) is 7.75. The van der Waals surface area contributed by atoms with Crippen LogP contribution in [-0.4, -0.2) is 27.0 Å². The first-order chi connectivity index (χ1) is 14.6. The Bertz CT molecular complexity index is 1150. The van der Waals surface area contributed by atoms with Crippen molar-refractivity contribution in [2.24, 2.45) is 5.92 Å². The minimum atomic E-state index is -0.384. The van der Waals surface area contributed by atoms with E-state index in [1.165, 1.54) is 5.56 Å². The zero-order valence-electron chi connectivity index (χ0n) is 16.3. The third kappa shape index (κ3) is 3.67. The molecule has 1 saturated carbocycles. The monoisotopic (exact) mass is 461 g/mol. The number of carbonyl (C=O) groups excluding carboxylic acids is 1. The molecule has 0 spiro atoms. The summed E-state index contributed by atoms with van der Waals surface area (Å²) in [5.41, 5.74) is 5.06. The molecule has 0 amide bonds. The molecule has 1 fully saturated rings. The molecule has 0 saturated heterocycles. The number of halogens is 1. The number of imidazole rings is 1. The molecule has 0 radical (unpaired) electrons. The van der Waals surface area contributed by atoms with Crippen molar-refractivity contribution in [3.8, 4) is 23.6 Å². The molecule has 2 aliphatic rings. The molecule has 2 aliphatic carbocycles. The zero-order valence-corrected chi connectivity index (χ0v) is 17.9. The first kappa shape index (κ1) is 19.1. The Morgan fingerprint density at radius 1 is 1.27 bits per heavy atom. The molecule has 0 bridgehead atoms. The fraction of sp³-hybridized carbons (Fsp3) is 0.250. The topological polar surface area (TPSA) is 58.2 Å². The summed E-state index contributed by atoms with van der Waals surface area (Å²) < 4.78 is 1.08. The SMILES string of the molecule is C#CC1CC1N(Cc1nc2c([nH]1)CCc1cc(Br)ccc1-2)OC(=O)c1ccccc1. The van der Waals surface area contributed by atoms with Gasteiger partial charge in [0.1, 0.15) is 5.82 Å². The van der Waals surface area contributed by atoms with Crippen LogP contribution in [0.4, 0.5) is 0 Å². The number of benzene rings is 2. The van der Waals surface area contributed by atoms with E-state index < -0.39 is 0 Å². The minimum Gasteiger partial charge on any atom is -0.363 e. The van der Waals surface area contributed by atoms with Crippen LogP contribution in [-0.2, 0) is 24.2 Å². The normalized spacial score (nSPS) is 19.0. The van der Waals surface area contributed by atoms with Gasteiger partial charge in [0.05, 0.1) is 23.8 Å². The quantitative estimate of drug-likeness (QED) is 0.447. The summed E-state index contributed by atoms with van der Waals surface area (Å²) in [7, 11) is 0. The Morgan fingerprint density at radius 2 is 2.10 bits per heavy atom. The van der Waals surface area contributed by atoms with Gasteiger partial charge in [-0.2, -0.15) is 0 Å². The van der Waals surface area contributed by atoms with E-state index in [9.17, 15) is 4.79 Å². The van der Waals surface area contributed by atoms with Crippen LogP contribution in [0.25, 0.3) is 11.3 Å². The number of aromatic nitrogens is 2. The van der Waals surface area contributed by atoms with Gasteiger partial charge in [-0.3, -0.25) is 0 Å². The van der Waals surface area contributed by atoms with Crippen molar-refractivity contribution >= 4 is 21.9 Å². The molecule has 1 heterocycles. The van der Waals surface area contributed by atoms with Crippen LogP contribution < -0.4 is 0 Å². The third-order valence-electron chi connectivity index (χ3n) is 5.65. The number of terminal acetylenes is 1. The van der Waals surface area contributed by atoms with E-state index in [0.717, 1.165) is 46.5 Å². The van der Waals surface area contributed by atoms with E-state index in [4.69, 9.17) is 16.2 Å². The smallest absolute Gasteiger partial charge is 0.357 e. The molecule has 30 heavy (non-hydrogen) atoms. The summed E-state index contributed by atoms with van der Waals surface area (Å²) in [5, 5.41) is 1.69. The molecular weight excluding hydrogens is 442 g/mol. The van der Waals surface area contributed by atoms with Gasteiger partial charge < -0.3 is 9.82 Å². The maximum absolute atomic E-state index is 12.6. The number of hydroxylamine groups is 2. The lowest BCUT2D eigenvalue weighted by Gasteiger charge is -2.20. The lowest BCUT2D eigenvalue weighted by Crippen LogP contribution is -2.30. The van der Waals surface area contributed by atoms with Gasteiger partial charge >= 0.3 is 5.97 Å². The van der Waals surface area contributed by atoms with E-state index in [1.807, 2.05) is 24.3 Å². The second-order valence-corrected chi connectivity index (χ2v) is 8.62. The summed E-state index contributed by atoms with van der Waals surface area (Å²) >= 11 is 3.55. The summed E-state index contributed by atoms with van der Waals surface area (Å²) in [4.78, 5) is 26.6. The van der Waals surface area contributed by atoms with Crippen molar-refractivity contribution in [1.29, 1.82) is 0 Å². The average molecular weight is 462 g/mol. The number of aryl methyl sites for hydroxylation is 2. The first-order valence-corrected chi connectivity index (χ1v) is 10.8. The fourth-order valence-corrected chi connectivity index (χ4v) is 4.39. The summed E-state index contributed by atoms with van der Waals surface area (Å²) in [6, 6.07) is 15.3. The molecule has 6 heteroatoms. The molecule has 5 nitrogen and oxygen atoms in total. The number of hydrogen-bond donors (Lipinski definition) is 1. The third-order valence-corrected chi connectivity index (χ3v) is 6.14. The lowest BCUT2D eigenvalue weighted by atomic mass is 9.92. The molecule has 150 valence electrons. The van der Waals surface area contributed by atoms with Crippen molar-refractivity contribution in [3.05, 3.63) is 75.6 Å². The van der Waals surface area contributed by atoms with Crippen molar-refractivity contribution in [2.45, 2.75) is 31.8 Å². The van der Waals surface area contributed by atoms with Gasteiger partial charge in [0.15, 0.2) is 0 Å². The Hall–Kier alpha value is -2.88. The molecule has 2 atom stereocenters. The molecule has 1 aromatic heterocycles. The average Bonchev–Trinajstić information content (AvgIpc) is 3.44. The van der Waals surface area contributed by atoms with E-state index in [1.54, 1.807) is 17.2 Å². The number of nitrogens with zero attached hydrogens (tertiary/aromatic N) is 2. The molecule has 3 aromatic rings. The van der Waals surface area contributed by atoms with E-state index >= 15 is 0 Å². The van der Waals surface area contributed by atoms with Crippen LogP contribution in [0.5, 0.6) is 0 Å². The van der Waals surface area contributed by atoms with Crippen LogP contribution in [0.2, 0.25) is 0 Å². The number of rotatable bonds is 5. The Morgan fingerprint density at radius 3 is 2.87 bits per heavy atom. The molecule has 5 rings (SSSR count). The van der Waals surface area contributed by atoms with Crippen LogP contribution in [0.1, 0.15) is 33.9 Å². The number of nitrogens with one attached hydrogen (secondary N) is 1. The maximum Gasteiger partial charge on any atom is 0.357 e. The summed E-state index contributed by atoms with van der Waals surface area (Å²) in [5.74, 6) is 3.25. The molecular formula is C24H20BrN3O2.